The van der Waals surface area contributed by atoms with Crippen LogP contribution in [-0.4, -0.2) is 76.1 Å². The molecule has 11 heteroatoms. The molecular formula is C24H37N5O6. The lowest BCUT2D eigenvalue weighted by Gasteiger charge is -2.39. The van der Waals surface area contributed by atoms with Gasteiger partial charge in [0.15, 0.2) is 0 Å². The largest absolute Gasteiger partial charge is 0.444 e. The van der Waals surface area contributed by atoms with Gasteiger partial charge >= 0.3 is 12.1 Å². The molecule has 2 N–H and O–H groups in total. The first-order valence-electron chi connectivity index (χ1n) is 11.9. The van der Waals surface area contributed by atoms with Crippen molar-refractivity contribution in [3.63, 3.8) is 0 Å². The first-order valence-corrected chi connectivity index (χ1v) is 11.9. The molecule has 3 aliphatic heterocycles. The molecule has 11 nitrogen and oxygen atoms in total. The summed E-state index contributed by atoms with van der Waals surface area (Å²) in [6.45, 7) is 6.95. The number of fused-ring (bicyclic) bond motifs is 2. The number of piperidine rings is 1. The van der Waals surface area contributed by atoms with E-state index in [1.165, 1.54) is 9.96 Å². The number of rotatable bonds is 6. The van der Waals surface area contributed by atoms with E-state index in [4.69, 9.17) is 9.57 Å². The van der Waals surface area contributed by atoms with Crippen LogP contribution in [0.2, 0.25) is 0 Å². The second-order valence-corrected chi connectivity index (χ2v) is 10.3. The summed E-state index contributed by atoms with van der Waals surface area (Å²) in [6, 6.07) is 8.45. The van der Waals surface area contributed by atoms with Gasteiger partial charge < -0.3 is 14.5 Å². The summed E-state index contributed by atoms with van der Waals surface area (Å²) in [5, 5.41) is 1.37. The molecule has 3 aliphatic rings. The molecule has 35 heavy (non-hydrogen) atoms. The lowest BCUT2D eigenvalue weighted by molar-refractivity contribution is -0.140. The molecule has 5 amide bonds. The number of nitrogens with zero attached hydrogens (tertiary/aromatic N) is 3. The summed E-state index contributed by atoms with van der Waals surface area (Å²) in [4.78, 5) is 58.6. The molecule has 0 saturated carbocycles. The van der Waals surface area contributed by atoms with Crippen molar-refractivity contribution >= 4 is 23.9 Å². The van der Waals surface area contributed by atoms with E-state index in [2.05, 4.69) is 10.9 Å². The Kier molecular flexibility index (Phi) is 7.15. The summed E-state index contributed by atoms with van der Waals surface area (Å²) in [5.74, 6) is -0.772. The van der Waals surface area contributed by atoms with E-state index < -0.39 is 23.6 Å². The van der Waals surface area contributed by atoms with Crippen molar-refractivity contribution in [1.29, 1.82) is 0 Å². The van der Waals surface area contributed by atoms with Crippen LogP contribution >= 0.6 is 0 Å². The Morgan fingerprint density at radius 3 is 2.46 bits per heavy atom. The first kappa shape index (κ1) is 24.8. The Labute approximate surface area is 207 Å². The summed E-state index contributed by atoms with van der Waals surface area (Å²) in [6.07, 6.45) is 0.897. The number of hydrogen-bond donors (Lipinski definition) is 2. The van der Waals surface area contributed by atoms with Gasteiger partial charge in [-0.1, -0.05) is 30.3 Å². The van der Waals surface area contributed by atoms with E-state index in [1.54, 1.807) is 25.7 Å². The monoisotopic (exact) mass is 491 g/mol. The number of hydrazine groups is 1. The maximum atomic E-state index is 12.8. The predicted molar refractivity (Wildman–Crippen MR) is 128 cm³/mol. The van der Waals surface area contributed by atoms with Gasteiger partial charge in [0.25, 0.3) is 5.91 Å². The van der Waals surface area contributed by atoms with Crippen LogP contribution < -0.4 is 10.9 Å². The fraction of sp³-hybridized carbons (Fsp3) is 0.583. The van der Waals surface area contributed by atoms with Crippen molar-refractivity contribution in [1.82, 2.24) is 25.7 Å². The van der Waals surface area contributed by atoms with E-state index in [-0.39, 0.29) is 39.8 Å². The summed E-state index contributed by atoms with van der Waals surface area (Å²) < 4.78 is 5.30. The van der Waals surface area contributed by atoms with E-state index in [9.17, 15) is 19.2 Å². The molecule has 1 aromatic rings. The van der Waals surface area contributed by atoms with Crippen molar-refractivity contribution in [3.8, 4) is 0 Å². The molecule has 3 saturated heterocycles. The number of carbonyl (C=O) groups excluding carboxylic acids is 4. The van der Waals surface area contributed by atoms with Crippen molar-refractivity contribution in [2.45, 2.75) is 64.3 Å². The maximum absolute atomic E-state index is 12.8. The van der Waals surface area contributed by atoms with Crippen LogP contribution in [0.3, 0.4) is 0 Å². The number of hydrogen-bond acceptors (Lipinski definition) is 6. The van der Waals surface area contributed by atoms with Gasteiger partial charge in [0.05, 0.1) is 6.04 Å². The van der Waals surface area contributed by atoms with Crippen molar-refractivity contribution in [2.75, 3.05) is 19.6 Å². The Morgan fingerprint density at radius 2 is 1.77 bits per heavy atom. The fourth-order valence-corrected chi connectivity index (χ4v) is 4.49. The highest BCUT2D eigenvalue weighted by Crippen LogP contribution is 2.30. The van der Waals surface area contributed by atoms with Gasteiger partial charge in [-0.05, 0) is 39.2 Å². The minimum Gasteiger partial charge on any atom is -0.444 e. The number of urea groups is 1. The topological polar surface area (TPSA) is 121 Å². The SMILES string of the molecule is CC(C)(C)OC(=O)N1CC(CC(=O)NNC(=O)[C@@H]2CC[C@@H]3CN2C(=O)N3OCc2ccccc2)C1.[HH].[HH]. The number of benzene rings is 1. The first-order chi connectivity index (χ1) is 16.6. The molecule has 0 aromatic heterocycles. The van der Waals surface area contributed by atoms with E-state index >= 15 is 0 Å². The van der Waals surface area contributed by atoms with Crippen molar-refractivity contribution in [3.05, 3.63) is 35.9 Å². The van der Waals surface area contributed by atoms with Gasteiger partial charge in [-0.2, -0.15) is 5.06 Å². The zero-order valence-electron chi connectivity index (χ0n) is 20.4. The fourth-order valence-electron chi connectivity index (χ4n) is 4.49. The van der Waals surface area contributed by atoms with Crippen LogP contribution in [0.5, 0.6) is 0 Å². The van der Waals surface area contributed by atoms with Gasteiger partial charge in [0, 0.05) is 34.8 Å². The third kappa shape index (κ3) is 6.02. The normalized spacial score (nSPS) is 22.0. The zero-order valence-corrected chi connectivity index (χ0v) is 20.4. The lowest BCUT2D eigenvalue weighted by Crippen LogP contribution is -2.56. The summed E-state index contributed by atoms with van der Waals surface area (Å²) in [7, 11) is 0. The van der Waals surface area contributed by atoms with E-state index in [1.807, 2.05) is 30.3 Å². The molecule has 194 valence electrons. The smallest absolute Gasteiger partial charge is 0.410 e. The van der Waals surface area contributed by atoms with Crippen LogP contribution in [0.1, 0.15) is 48.5 Å². The van der Waals surface area contributed by atoms with Crippen LogP contribution in [-0.2, 0) is 25.8 Å². The number of ether oxygens (including phenoxy) is 1. The molecule has 2 bridgehead atoms. The molecule has 0 aliphatic carbocycles. The Balaban J connectivity index is 0.00000241. The second-order valence-electron chi connectivity index (χ2n) is 10.3. The zero-order chi connectivity index (χ0) is 25.2. The lowest BCUT2D eigenvalue weighted by atomic mass is 9.96. The average Bonchev–Trinajstić information content (AvgIpc) is 3.01. The minimum absolute atomic E-state index is 0. The molecule has 2 atom stereocenters. The van der Waals surface area contributed by atoms with Gasteiger partial charge in [-0.15, -0.1) is 0 Å². The molecule has 3 fully saturated rings. The maximum Gasteiger partial charge on any atom is 0.410 e. The second kappa shape index (κ2) is 10.1. The molecule has 0 unspecified atom stereocenters. The third-order valence-corrected chi connectivity index (χ3v) is 6.25. The van der Waals surface area contributed by atoms with Crippen LogP contribution in [0, 0.1) is 5.92 Å². The minimum atomic E-state index is -0.671. The Hall–Kier alpha value is -3.34. The van der Waals surface area contributed by atoms with Gasteiger partial charge in [0.2, 0.25) is 5.91 Å². The van der Waals surface area contributed by atoms with Gasteiger partial charge in [0.1, 0.15) is 18.2 Å². The number of hydroxylamine groups is 2. The van der Waals surface area contributed by atoms with Crippen LogP contribution in [0.25, 0.3) is 0 Å². The molecular weight excluding hydrogens is 454 g/mol. The van der Waals surface area contributed by atoms with Crippen molar-refractivity contribution < 1.29 is 31.6 Å². The molecule has 3 heterocycles. The molecule has 4 rings (SSSR count). The van der Waals surface area contributed by atoms with E-state index in [0.717, 1.165) is 5.56 Å². The standard InChI is InChI=1S/C24H33N5O6.2H2/c1-24(2,3)35-23(33)27-12-17(13-27)11-20(30)25-26-21(31)19-10-9-18-14-28(19)22(32)29(18)34-15-16-7-5-4-6-8-16;;/h4-8,17-19H,9-15H2,1-3H3,(H,25,30)(H,26,31);2*1H/t18-,19+;;/m1../s1. The van der Waals surface area contributed by atoms with Crippen molar-refractivity contribution in [2.24, 2.45) is 5.92 Å². The average molecular weight is 492 g/mol. The highest BCUT2D eigenvalue weighted by atomic mass is 16.7. The highest BCUT2D eigenvalue weighted by Gasteiger charge is 2.48. The number of carbonyl (C=O) groups is 4. The van der Waals surface area contributed by atoms with Crippen LogP contribution in [0.15, 0.2) is 30.3 Å². The summed E-state index contributed by atoms with van der Waals surface area (Å²) in [5.41, 5.74) is 5.27. The summed E-state index contributed by atoms with van der Waals surface area (Å²) >= 11 is 0. The quantitative estimate of drug-likeness (QED) is 0.589. The highest BCUT2D eigenvalue weighted by molar-refractivity contribution is 5.90. The van der Waals surface area contributed by atoms with Gasteiger partial charge in [-0.25, -0.2) is 9.59 Å². The third-order valence-electron chi connectivity index (χ3n) is 6.25. The Bertz CT molecular complexity index is 970. The molecule has 0 radical (unpaired) electrons. The van der Waals surface area contributed by atoms with Crippen LogP contribution in [0.4, 0.5) is 9.59 Å². The van der Waals surface area contributed by atoms with E-state index in [0.29, 0.717) is 32.5 Å². The number of amides is 5. The predicted octanol–water partition coefficient (Wildman–Crippen LogP) is 2.28. The van der Waals surface area contributed by atoms with Gasteiger partial charge in [-0.3, -0.25) is 25.3 Å². The number of nitrogens with one attached hydrogen (secondary N) is 2. The molecule has 0 spiro atoms. The Morgan fingerprint density at radius 1 is 1.06 bits per heavy atom. The molecule has 1 aromatic carbocycles. The number of likely N-dealkylation sites (tertiary alicyclic amines) is 1.